The molecule has 1 rings (SSSR count). The summed E-state index contributed by atoms with van der Waals surface area (Å²) in [5.74, 6) is -0.000376. The molecular formula is C17H32O2. The van der Waals surface area contributed by atoms with E-state index in [1.165, 1.54) is 77.7 Å². The van der Waals surface area contributed by atoms with Crippen LogP contribution in [0.4, 0.5) is 0 Å². The van der Waals surface area contributed by atoms with E-state index in [1.54, 1.807) is 0 Å². The SMILES string of the molecule is COC(=O)C1(C)CCCCCCCCCCCCC1. The molecule has 0 unspecified atom stereocenters. The van der Waals surface area contributed by atoms with Gasteiger partial charge in [0.1, 0.15) is 0 Å². The number of carbonyl (C=O) groups is 1. The molecular weight excluding hydrogens is 236 g/mol. The van der Waals surface area contributed by atoms with E-state index in [0.717, 1.165) is 12.8 Å². The maximum Gasteiger partial charge on any atom is 0.311 e. The predicted octanol–water partition coefficient (Wildman–Crippen LogP) is 5.25. The molecule has 0 aromatic rings. The van der Waals surface area contributed by atoms with E-state index in [9.17, 15) is 4.79 Å². The van der Waals surface area contributed by atoms with Gasteiger partial charge in [0.25, 0.3) is 0 Å². The summed E-state index contributed by atoms with van der Waals surface area (Å²) in [4.78, 5) is 12.0. The minimum absolute atomic E-state index is 0.000376. The van der Waals surface area contributed by atoms with Crippen molar-refractivity contribution < 1.29 is 9.53 Å². The van der Waals surface area contributed by atoms with Crippen LogP contribution in [0.15, 0.2) is 0 Å². The molecule has 0 saturated heterocycles. The van der Waals surface area contributed by atoms with E-state index in [2.05, 4.69) is 6.92 Å². The van der Waals surface area contributed by atoms with E-state index < -0.39 is 0 Å². The molecule has 1 fully saturated rings. The van der Waals surface area contributed by atoms with Crippen molar-refractivity contribution in [1.82, 2.24) is 0 Å². The van der Waals surface area contributed by atoms with Crippen molar-refractivity contribution in [3.63, 3.8) is 0 Å². The molecule has 1 aliphatic carbocycles. The van der Waals surface area contributed by atoms with Crippen LogP contribution in [-0.2, 0) is 9.53 Å². The lowest BCUT2D eigenvalue weighted by molar-refractivity contribution is -0.152. The molecule has 0 amide bonds. The van der Waals surface area contributed by atoms with Crippen molar-refractivity contribution in [2.75, 3.05) is 7.11 Å². The molecule has 0 heterocycles. The lowest BCUT2D eigenvalue weighted by atomic mass is 9.79. The quantitative estimate of drug-likeness (QED) is 0.607. The Balaban J connectivity index is 2.46. The van der Waals surface area contributed by atoms with Gasteiger partial charge >= 0.3 is 5.97 Å². The van der Waals surface area contributed by atoms with Crippen molar-refractivity contribution in [3.05, 3.63) is 0 Å². The number of methoxy groups -OCH3 is 1. The van der Waals surface area contributed by atoms with Crippen LogP contribution in [0, 0.1) is 5.41 Å². The highest BCUT2D eigenvalue weighted by Crippen LogP contribution is 2.33. The average Bonchev–Trinajstić information content (AvgIpc) is 2.42. The number of carbonyl (C=O) groups excluding carboxylic acids is 1. The molecule has 0 radical (unpaired) electrons. The number of hydrogen-bond donors (Lipinski definition) is 0. The monoisotopic (exact) mass is 268 g/mol. The highest BCUT2D eigenvalue weighted by Gasteiger charge is 2.32. The molecule has 2 heteroatoms. The normalized spacial score (nSPS) is 23.3. The van der Waals surface area contributed by atoms with Crippen LogP contribution >= 0.6 is 0 Å². The van der Waals surface area contributed by atoms with Crippen LogP contribution < -0.4 is 0 Å². The number of rotatable bonds is 1. The van der Waals surface area contributed by atoms with Crippen molar-refractivity contribution in [2.24, 2.45) is 5.41 Å². The Labute approximate surface area is 119 Å². The summed E-state index contributed by atoms with van der Waals surface area (Å²) < 4.78 is 5.02. The van der Waals surface area contributed by atoms with Gasteiger partial charge in [0.2, 0.25) is 0 Å². The number of ether oxygens (including phenoxy) is 1. The van der Waals surface area contributed by atoms with E-state index in [4.69, 9.17) is 4.74 Å². The van der Waals surface area contributed by atoms with Crippen molar-refractivity contribution in [2.45, 2.75) is 90.4 Å². The van der Waals surface area contributed by atoms with Gasteiger partial charge in [-0.3, -0.25) is 4.79 Å². The van der Waals surface area contributed by atoms with E-state index in [1.807, 2.05) is 0 Å². The van der Waals surface area contributed by atoms with Gasteiger partial charge in [-0.2, -0.15) is 0 Å². The molecule has 0 atom stereocenters. The van der Waals surface area contributed by atoms with Crippen molar-refractivity contribution in [3.8, 4) is 0 Å². The first-order chi connectivity index (χ1) is 9.19. The Morgan fingerprint density at radius 1 is 0.737 bits per heavy atom. The fourth-order valence-electron chi connectivity index (χ4n) is 3.20. The van der Waals surface area contributed by atoms with Gasteiger partial charge in [-0.15, -0.1) is 0 Å². The lowest BCUT2D eigenvalue weighted by Gasteiger charge is -2.27. The third-order valence-corrected chi connectivity index (χ3v) is 4.64. The van der Waals surface area contributed by atoms with E-state index in [0.29, 0.717) is 0 Å². The van der Waals surface area contributed by atoms with Crippen molar-refractivity contribution in [1.29, 1.82) is 0 Å². The first kappa shape index (κ1) is 16.5. The summed E-state index contributed by atoms with van der Waals surface area (Å²) in [6.07, 6.45) is 16.5. The maximum atomic E-state index is 12.0. The van der Waals surface area contributed by atoms with Crippen LogP contribution in [0.2, 0.25) is 0 Å². The number of hydrogen-bond acceptors (Lipinski definition) is 2. The minimum Gasteiger partial charge on any atom is -0.469 e. The fourth-order valence-corrected chi connectivity index (χ4v) is 3.20. The Morgan fingerprint density at radius 2 is 1.05 bits per heavy atom. The lowest BCUT2D eigenvalue weighted by Crippen LogP contribution is -2.29. The van der Waals surface area contributed by atoms with Crippen LogP contribution in [0.25, 0.3) is 0 Å². The zero-order valence-corrected chi connectivity index (χ0v) is 13.0. The summed E-state index contributed by atoms with van der Waals surface area (Å²) in [6.45, 7) is 2.10. The molecule has 0 aliphatic heterocycles. The van der Waals surface area contributed by atoms with Gasteiger partial charge in [-0.05, 0) is 19.8 Å². The van der Waals surface area contributed by atoms with Gasteiger partial charge < -0.3 is 4.74 Å². The zero-order valence-electron chi connectivity index (χ0n) is 13.0. The second-order valence-electron chi connectivity index (χ2n) is 6.44. The minimum atomic E-state index is -0.237. The molecule has 112 valence electrons. The molecule has 0 N–H and O–H groups in total. The summed E-state index contributed by atoms with van der Waals surface area (Å²) in [6, 6.07) is 0. The Hall–Kier alpha value is -0.530. The second-order valence-corrected chi connectivity index (χ2v) is 6.44. The third kappa shape index (κ3) is 6.44. The van der Waals surface area contributed by atoms with Gasteiger partial charge in [-0.1, -0.05) is 70.6 Å². The molecule has 19 heavy (non-hydrogen) atoms. The molecule has 0 aromatic heterocycles. The molecule has 2 nitrogen and oxygen atoms in total. The molecule has 0 spiro atoms. The first-order valence-electron chi connectivity index (χ1n) is 8.27. The second kappa shape index (κ2) is 9.39. The van der Waals surface area contributed by atoms with Gasteiger partial charge in [0.15, 0.2) is 0 Å². The van der Waals surface area contributed by atoms with Crippen LogP contribution in [-0.4, -0.2) is 13.1 Å². The first-order valence-corrected chi connectivity index (χ1v) is 8.27. The maximum absolute atomic E-state index is 12.0. The summed E-state index contributed by atoms with van der Waals surface area (Å²) in [5.41, 5.74) is -0.237. The van der Waals surface area contributed by atoms with Gasteiger partial charge in [0, 0.05) is 0 Å². The standard InChI is InChI=1S/C17H32O2/c1-17(16(18)19-2)14-12-10-8-6-4-3-5-7-9-11-13-15-17/h3-15H2,1-2H3. The highest BCUT2D eigenvalue weighted by atomic mass is 16.5. The Morgan fingerprint density at radius 3 is 1.37 bits per heavy atom. The summed E-state index contributed by atoms with van der Waals surface area (Å²) >= 11 is 0. The highest BCUT2D eigenvalue weighted by molar-refractivity contribution is 5.76. The van der Waals surface area contributed by atoms with Crippen LogP contribution in [0.3, 0.4) is 0 Å². The topological polar surface area (TPSA) is 26.3 Å². The van der Waals surface area contributed by atoms with Gasteiger partial charge in [0.05, 0.1) is 12.5 Å². The van der Waals surface area contributed by atoms with Crippen LogP contribution in [0.1, 0.15) is 90.4 Å². The predicted molar refractivity (Wildman–Crippen MR) is 80.1 cm³/mol. The van der Waals surface area contributed by atoms with Gasteiger partial charge in [-0.25, -0.2) is 0 Å². The smallest absolute Gasteiger partial charge is 0.311 e. The third-order valence-electron chi connectivity index (χ3n) is 4.64. The zero-order chi connectivity index (χ0) is 14.0. The van der Waals surface area contributed by atoms with E-state index in [-0.39, 0.29) is 11.4 Å². The van der Waals surface area contributed by atoms with E-state index >= 15 is 0 Å². The molecule has 1 aliphatic rings. The Kier molecular flexibility index (Phi) is 8.16. The summed E-state index contributed by atoms with van der Waals surface area (Å²) in [5, 5.41) is 0. The Bertz CT molecular complexity index is 234. The largest absolute Gasteiger partial charge is 0.469 e. The number of esters is 1. The fraction of sp³-hybridized carbons (Fsp3) is 0.941. The average molecular weight is 268 g/mol. The van der Waals surface area contributed by atoms with Crippen molar-refractivity contribution >= 4 is 5.97 Å². The van der Waals surface area contributed by atoms with Crippen LogP contribution in [0.5, 0.6) is 0 Å². The molecule has 0 bridgehead atoms. The molecule has 1 saturated carbocycles. The summed E-state index contributed by atoms with van der Waals surface area (Å²) in [7, 11) is 1.53. The molecule has 0 aromatic carbocycles.